The first kappa shape index (κ1) is 11.1. The van der Waals surface area contributed by atoms with Gasteiger partial charge in [0.15, 0.2) is 0 Å². The molecule has 0 aromatic carbocycles. The quantitative estimate of drug-likeness (QED) is 0.851. The molecule has 1 saturated carbocycles. The van der Waals surface area contributed by atoms with E-state index in [1.165, 1.54) is 30.6 Å². The highest BCUT2D eigenvalue weighted by molar-refractivity contribution is 7.09. The van der Waals surface area contributed by atoms with Gasteiger partial charge in [-0.25, -0.2) is 0 Å². The van der Waals surface area contributed by atoms with Crippen LogP contribution in [0.25, 0.3) is 0 Å². The highest BCUT2D eigenvalue weighted by Gasteiger charge is 2.20. The van der Waals surface area contributed by atoms with Crippen LogP contribution in [-0.2, 0) is 11.3 Å². The van der Waals surface area contributed by atoms with Gasteiger partial charge in [0.1, 0.15) is 0 Å². The van der Waals surface area contributed by atoms with Crippen LogP contribution in [-0.4, -0.2) is 19.2 Å². The second kappa shape index (κ2) is 5.64. The van der Waals surface area contributed by atoms with Crippen molar-refractivity contribution in [1.82, 2.24) is 5.32 Å². The third-order valence-corrected chi connectivity index (χ3v) is 3.97. The molecule has 0 saturated heterocycles. The first-order valence-electron chi connectivity index (χ1n) is 5.69. The summed E-state index contributed by atoms with van der Waals surface area (Å²) in [6, 6.07) is 4.94. The standard InChI is InChI=1S/C12H19NOS/c1-13-10-4-6-11(7-5-10)14-9-12-3-2-8-15-12/h2-3,8,10-11,13H,4-7,9H2,1H3. The van der Waals surface area contributed by atoms with Crippen molar-refractivity contribution in [2.75, 3.05) is 7.05 Å². The molecule has 3 heteroatoms. The molecule has 1 aromatic rings. The van der Waals surface area contributed by atoms with Crippen LogP contribution in [0.2, 0.25) is 0 Å². The molecule has 0 unspecified atom stereocenters. The third kappa shape index (κ3) is 3.30. The van der Waals surface area contributed by atoms with Crippen molar-refractivity contribution >= 4 is 11.3 Å². The maximum absolute atomic E-state index is 5.90. The van der Waals surface area contributed by atoms with Crippen molar-refractivity contribution in [2.45, 2.75) is 44.4 Å². The van der Waals surface area contributed by atoms with Gasteiger partial charge in [-0.3, -0.25) is 0 Å². The van der Waals surface area contributed by atoms with Crippen LogP contribution in [0.3, 0.4) is 0 Å². The lowest BCUT2D eigenvalue weighted by Crippen LogP contribution is -2.32. The Morgan fingerprint density at radius 1 is 1.40 bits per heavy atom. The Labute approximate surface area is 95.6 Å². The minimum Gasteiger partial charge on any atom is -0.373 e. The van der Waals surface area contributed by atoms with Crippen molar-refractivity contribution in [3.05, 3.63) is 22.4 Å². The molecule has 2 nitrogen and oxygen atoms in total. The van der Waals surface area contributed by atoms with Crippen molar-refractivity contribution in [3.63, 3.8) is 0 Å². The van der Waals surface area contributed by atoms with E-state index in [0.717, 1.165) is 6.61 Å². The summed E-state index contributed by atoms with van der Waals surface area (Å²) in [5, 5.41) is 5.45. The van der Waals surface area contributed by atoms with Crippen molar-refractivity contribution in [3.8, 4) is 0 Å². The summed E-state index contributed by atoms with van der Waals surface area (Å²) in [7, 11) is 2.05. The summed E-state index contributed by atoms with van der Waals surface area (Å²) in [5.74, 6) is 0. The molecule has 84 valence electrons. The zero-order chi connectivity index (χ0) is 10.5. The zero-order valence-electron chi connectivity index (χ0n) is 9.24. The number of hydrogen-bond acceptors (Lipinski definition) is 3. The highest BCUT2D eigenvalue weighted by atomic mass is 32.1. The number of hydrogen-bond donors (Lipinski definition) is 1. The van der Waals surface area contributed by atoms with E-state index < -0.39 is 0 Å². The minimum atomic E-state index is 0.483. The molecule has 15 heavy (non-hydrogen) atoms. The van der Waals surface area contributed by atoms with Crippen LogP contribution in [0, 0.1) is 0 Å². The summed E-state index contributed by atoms with van der Waals surface area (Å²) in [6.45, 7) is 0.798. The zero-order valence-corrected chi connectivity index (χ0v) is 10.1. The van der Waals surface area contributed by atoms with E-state index in [9.17, 15) is 0 Å². The molecule has 0 radical (unpaired) electrons. The van der Waals surface area contributed by atoms with Gasteiger partial charge in [-0.05, 0) is 44.2 Å². The van der Waals surface area contributed by atoms with Gasteiger partial charge in [0, 0.05) is 10.9 Å². The fraction of sp³-hybridized carbons (Fsp3) is 0.667. The second-order valence-electron chi connectivity index (χ2n) is 4.15. The van der Waals surface area contributed by atoms with E-state index >= 15 is 0 Å². The lowest BCUT2D eigenvalue weighted by atomic mass is 9.93. The number of thiophene rings is 1. The van der Waals surface area contributed by atoms with Gasteiger partial charge in [-0.15, -0.1) is 11.3 Å². The average Bonchev–Trinajstić information content (AvgIpc) is 2.80. The highest BCUT2D eigenvalue weighted by Crippen LogP contribution is 2.22. The number of rotatable bonds is 4. The predicted molar refractivity (Wildman–Crippen MR) is 64.2 cm³/mol. The van der Waals surface area contributed by atoms with Gasteiger partial charge >= 0.3 is 0 Å². The molecule has 1 N–H and O–H groups in total. The van der Waals surface area contributed by atoms with Gasteiger partial charge in [-0.1, -0.05) is 6.07 Å². The van der Waals surface area contributed by atoms with Crippen LogP contribution in [0.1, 0.15) is 30.6 Å². The summed E-state index contributed by atoms with van der Waals surface area (Å²) in [6.07, 6.45) is 5.40. The Hall–Kier alpha value is -0.380. The molecule has 0 bridgehead atoms. The molecule has 0 atom stereocenters. The van der Waals surface area contributed by atoms with Crippen LogP contribution in [0.15, 0.2) is 17.5 Å². The van der Waals surface area contributed by atoms with Crippen LogP contribution < -0.4 is 5.32 Å². The SMILES string of the molecule is CNC1CCC(OCc2cccs2)CC1. The number of ether oxygens (including phenoxy) is 1. The lowest BCUT2D eigenvalue weighted by Gasteiger charge is -2.28. The number of nitrogens with one attached hydrogen (secondary N) is 1. The van der Waals surface area contributed by atoms with Crippen LogP contribution >= 0.6 is 11.3 Å². The molecular formula is C12H19NOS. The van der Waals surface area contributed by atoms with Gasteiger partial charge in [0.2, 0.25) is 0 Å². The molecule has 0 spiro atoms. The van der Waals surface area contributed by atoms with Gasteiger partial charge < -0.3 is 10.1 Å². The molecule has 1 aliphatic carbocycles. The lowest BCUT2D eigenvalue weighted by molar-refractivity contribution is 0.0131. The third-order valence-electron chi connectivity index (χ3n) is 3.12. The molecule has 1 heterocycles. The molecule has 1 fully saturated rings. The molecule has 0 amide bonds. The maximum Gasteiger partial charge on any atom is 0.0813 e. The van der Waals surface area contributed by atoms with Crippen molar-refractivity contribution < 1.29 is 4.74 Å². The Morgan fingerprint density at radius 2 is 2.20 bits per heavy atom. The minimum absolute atomic E-state index is 0.483. The maximum atomic E-state index is 5.90. The van der Waals surface area contributed by atoms with E-state index in [1.807, 2.05) is 0 Å². The van der Waals surface area contributed by atoms with Crippen LogP contribution in [0.5, 0.6) is 0 Å². The second-order valence-corrected chi connectivity index (χ2v) is 5.18. The van der Waals surface area contributed by atoms with E-state index in [1.54, 1.807) is 11.3 Å². The first-order valence-corrected chi connectivity index (χ1v) is 6.57. The Kier molecular flexibility index (Phi) is 4.18. The monoisotopic (exact) mass is 225 g/mol. The van der Waals surface area contributed by atoms with Crippen molar-refractivity contribution in [2.24, 2.45) is 0 Å². The van der Waals surface area contributed by atoms with Gasteiger partial charge in [0.25, 0.3) is 0 Å². The van der Waals surface area contributed by atoms with E-state index in [-0.39, 0.29) is 0 Å². The Balaban J connectivity index is 1.69. The van der Waals surface area contributed by atoms with Gasteiger partial charge in [0.05, 0.1) is 12.7 Å². The smallest absolute Gasteiger partial charge is 0.0813 e. The first-order chi connectivity index (χ1) is 7.38. The van der Waals surface area contributed by atoms with Crippen LogP contribution in [0.4, 0.5) is 0 Å². The largest absolute Gasteiger partial charge is 0.373 e. The fourth-order valence-corrected chi connectivity index (χ4v) is 2.74. The molecule has 1 aliphatic rings. The molecule has 2 rings (SSSR count). The molecular weight excluding hydrogens is 206 g/mol. The Morgan fingerprint density at radius 3 is 2.80 bits per heavy atom. The Bertz CT molecular complexity index is 265. The summed E-state index contributed by atoms with van der Waals surface area (Å²) >= 11 is 1.78. The van der Waals surface area contributed by atoms with E-state index in [2.05, 4.69) is 29.9 Å². The average molecular weight is 225 g/mol. The predicted octanol–water partition coefficient (Wildman–Crippen LogP) is 2.80. The summed E-state index contributed by atoms with van der Waals surface area (Å²) in [4.78, 5) is 1.34. The van der Waals surface area contributed by atoms with Crippen molar-refractivity contribution in [1.29, 1.82) is 0 Å². The van der Waals surface area contributed by atoms with E-state index in [4.69, 9.17) is 4.74 Å². The normalized spacial score (nSPS) is 26.7. The molecule has 0 aliphatic heterocycles. The summed E-state index contributed by atoms with van der Waals surface area (Å²) in [5.41, 5.74) is 0. The summed E-state index contributed by atoms with van der Waals surface area (Å²) < 4.78 is 5.90. The fourth-order valence-electron chi connectivity index (χ4n) is 2.11. The van der Waals surface area contributed by atoms with Gasteiger partial charge in [-0.2, -0.15) is 0 Å². The van der Waals surface area contributed by atoms with E-state index in [0.29, 0.717) is 12.1 Å². The topological polar surface area (TPSA) is 21.3 Å². The molecule has 1 aromatic heterocycles.